The van der Waals surface area contributed by atoms with Crippen molar-refractivity contribution < 1.29 is 9.53 Å². The average Bonchev–Trinajstić information content (AvgIpc) is 3.32. The lowest BCUT2D eigenvalue weighted by atomic mass is 10.0. The van der Waals surface area contributed by atoms with Crippen LogP contribution in [0.1, 0.15) is 17.5 Å². The fraction of sp³-hybridized carbons (Fsp3) is 0.333. The van der Waals surface area contributed by atoms with Gasteiger partial charge in [-0.2, -0.15) is 0 Å². The molecule has 0 bridgehead atoms. The number of ketones is 1. The second-order valence-electron chi connectivity index (χ2n) is 7.49. The number of hydrogen-bond donors (Lipinski definition) is 1. The first-order chi connectivity index (χ1) is 13.6. The summed E-state index contributed by atoms with van der Waals surface area (Å²) in [7, 11) is 1.68. The summed E-state index contributed by atoms with van der Waals surface area (Å²) >= 11 is 0. The van der Waals surface area contributed by atoms with Crippen LogP contribution < -0.4 is 10.9 Å². The number of rotatable bonds is 3. The number of hydrogen-bond acceptors (Lipinski definition) is 6. The molecule has 142 valence electrons. The molecule has 2 aromatic heterocycles. The van der Waals surface area contributed by atoms with Gasteiger partial charge in [-0.3, -0.25) is 9.59 Å². The minimum Gasteiger partial charge on any atom is -0.379 e. The SMILES string of the molecule is Cn1cnc2cc(-c3ccc4c(c3)CC(=O)C4)nc(N[C@@H]3CCOC3)c2c1=O. The highest BCUT2D eigenvalue weighted by Crippen LogP contribution is 2.29. The Bertz CT molecular complexity index is 1160. The van der Waals surface area contributed by atoms with Crippen molar-refractivity contribution in [3.63, 3.8) is 0 Å². The summed E-state index contributed by atoms with van der Waals surface area (Å²) in [6.45, 7) is 1.29. The molecule has 0 unspecified atom stereocenters. The van der Waals surface area contributed by atoms with E-state index < -0.39 is 0 Å². The Morgan fingerprint density at radius 2 is 2.04 bits per heavy atom. The van der Waals surface area contributed by atoms with Gasteiger partial charge in [-0.15, -0.1) is 0 Å². The molecule has 7 heteroatoms. The van der Waals surface area contributed by atoms with E-state index in [1.165, 1.54) is 10.9 Å². The zero-order chi connectivity index (χ0) is 19.3. The number of ether oxygens (including phenoxy) is 1. The van der Waals surface area contributed by atoms with Gasteiger partial charge in [0.05, 0.1) is 30.2 Å². The number of carbonyl (C=O) groups is 1. The molecule has 0 spiro atoms. The van der Waals surface area contributed by atoms with E-state index in [1.54, 1.807) is 7.05 Å². The molecule has 5 rings (SSSR count). The first kappa shape index (κ1) is 17.1. The molecule has 3 aromatic rings. The van der Waals surface area contributed by atoms with Crippen LogP contribution in [-0.4, -0.2) is 39.6 Å². The molecular formula is C21H20N4O3. The number of aromatic nitrogens is 3. The summed E-state index contributed by atoms with van der Waals surface area (Å²) in [5, 5.41) is 3.86. The Balaban J connectivity index is 1.66. The number of Topliss-reactive ketones (excluding diaryl/α,β-unsaturated/α-hetero) is 1. The maximum absolute atomic E-state index is 12.7. The molecule has 1 aliphatic heterocycles. The predicted molar refractivity (Wildman–Crippen MR) is 105 cm³/mol. The van der Waals surface area contributed by atoms with Crippen LogP contribution in [0.15, 0.2) is 35.4 Å². The molecule has 1 aromatic carbocycles. The number of carbonyl (C=O) groups excluding carboxylic acids is 1. The lowest BCUT2D eigenvalue weighted by Gasteiger charge is -2.15. The number of anilines is 1. The van der Waals surface area contributed by atoms with Crippen molar-refractivity contribution in [2.45, 2.75) is 25.3 Å². The number of nitrogens with one attached hydrogen (secondary N) is 1. The minimum absolute atomic E-state index is 0.119. The van der Waals surface area contributed by atoms with E-state index >= 15 is 0 Å². The fourth-order valence-electron chi connectivity index (χ4n) is 3.93. The highest BCUT2D eigenvalue weighted by Gasteiger charge is 2.22. The normalized spacial score (nSPS) is 18.6. The standard InChI is InChI=1S/C21H20N4O3/c1-25-11-22-18-9-17(13-3-2-12-7-16(26)8-14(12)6-13)24-20(19(18)21(25)27)23-15-4-5-28-10-15/h2-3,6,9,11,15H,4-5,7-8,10H2,1H3,(H,23,24)/t15-/m1/s1. The van der Waals surface area contributed by atoms with Crippen LogP contribution in [-0.2, 0) is 29.4 Å². The predicted octanol–water partition coefficient (Wildman–Crippen LogP) is 1.86. The first-order valence-corrected chi connectivity index (χ1v) is 9.43. The smallest absolute Gasteiger partial charge is 0.264 e. The summed E-state index contributed by atoms with van der Waals surface area (Å²) in [5.41, 5.74) is 4.26. The molecular weight excluding hydrogens is 356 g/mol. The molecule has 3 heterocycles. The molecule has 1 aliphatic carbocycles. The largest absolute Gasteiger partial charge is 0.379 e. The van der Waals surface area contributed by atoms with E-state index in [9.17, 15) is 9.59 Å². The Hall–Kier alpha value is -3.06. The number of pyridine rings is 1. The lowest BCUT2D eigenvalue weighted by molar-refractivity contribution is -0.117. The molecule has 0 radical (unpaired) electrons. The maximum atomic E-state index is 12.7. The van der Waals surface area contributed by atoms with Crippen LogP contribution in [0.3, 0.4) is 0 Å². The van der Waals surface area contributed by atoms with Gasteiger partial charge < -0.3 is 14.6 Å². The van der Waals surface area contributed by atoms with Gasteiger partial charge >= 0.3 is 0 Å². The quantitative estimate of drug-likeness (QED) is 0.751. The molecule has 0 saturated carbocycles. The van der Waals surface area contributed by atoms with Crippen LogP contribution >= 0.6 is 0 Å². The van der Waals surface area contributed by atoms with E-state index in [2.05, 4.69) is 10.3 Å². The van der Waals surface area contributed by atoms with E-state index in [0.29, 0.717) is 42.8 Å². The van der Waals surface area contributed by atoms with Gasteiger partial charge in [-0.05, 0) is 29.7 Å². The van der Waals surface area contributed by atoms with Crippen molar-refractivity contribution in [3.05, 3.63) is 52.1 Å². The highest BCUT2D eigenvalue weighted by atomic mass is 16.5. The molecule has 1 saturated heterocycles. The number of aryl methyl sites for hydroxylation is 1. The van der Waals surface area contributed by atoms with Gasteiger partial charge in [0.2, 0.25) is 0 Å². The van der Waals surface area contributed by atoms with Crippen LogP contribution in [0, 0.1) is 0 Å². The summed E-state index contributed by atoms with van der Waals surface area (Å²) < 4.78 is 6.91. The topological polar surface area (TPSA) is 86.1 Å². The van der Waals surface area contributed by atoms with Gasteiger partial charge in [0, 0.05) is 32.1 Å². The molecule has 1 fully saturated rings. The van der Waals surface area contributed by atoms with Crippen molar-refractivity contribution in [1.82, 2.24) is 14.5 Å². The van der Waals surface area contributed by atoms with Crippen molar-refractivity contribution in [2.75, 3.05) is 18.5 Å². The number of benzene rings is 1. The minimum atomic E-state index is -0.134. The monoisotopic (exact) mass is 376 g/mol. The third-order valence-electron chi connectivity index (χ3n) is 5.45. The third-order valence-corrected chi connectivity index (χ3v) is 5.45. The molecule has 1 N–H and O–H groups in total. The summed E-state index contributed by atoms with van der Waals surface area (Å²) in [6.07, 6.45) is 3.38. The summed E-state index contributed by atoms with van der Waals surface area (Å²) in [5.74, 6) is 0.778. The van der Waals surface area contributed by atoms with Crippen LogP contribution in [0.4, 0.5) is 5.82 Å². The zero-order valence-corrected chi connectivity index (χ0v) is 15.6. The molecule has 1 atom stereocenters. The van der Waals surface area contributed by atoms with Crippen molar-refractivity contribution >= 4 is 22.5 Å². The number of fused-ring (bicyclic) bond motifs is 2. The zero-order valence-electron chi connectivity index (χ0n) is 15.6. The second-order valence-corrected chi connectivity index (χ2v) is 7.49. The van der Waals surface area contributed by atoms with Crippen molar-refractivity contribution in [1.29, 1.82) is 0 Å². The van der Waals surface area contributed by atoms with Gasteiger partial charge in [-0.25, -0.2) is 9.97 Å². The van der Waals surface area contributed by atoms with Gasteiger partial charge in [0.1, 0.15) is 17.0 Å². The van der Waals surface area contributed by atoms with Crippen molar-refractivity contribution in [2.24, 2.45) is 7.05 Å². The van der Waals surface area contributed by atoms with Crippen LogP contribution in [0.25, 0.3) is 22.2 Å². The Labute approximate surface area is 161 Å². The Morgan fingerprint density at radius 3 is 2.86 bits per heavy atom. The van der Waals surface area contributed by atoms with Crippen LogP contribution in [0.5, 0.6) is 0 Å². The average molecular weight is 376 g/mol. The fourth-order valence-corrected chi connectivity index (χ4v) is 3.93. The second kappa shape index (κ2) is 6.53. The van der Waals surface area contributed by atoms with E-state index in [-0.39, 0.29) is 17.4 Å². The van der Waals surface area contributed by atoms with Crippen molar-refractivity contribution in [3.8, 4) is 11.3 Å². The Kier molecular flexibility index (Phi) is 3.98. The first-order valence-electron chi connectivity index (χ1n) is 9.43. The number of nitrogens with zero attached hydrogens (tertiary/aromatic N) is 3. The van der Waals surface area contributed by atoms with Gasteiger partial charge in [0.15, 0.2) is 0 Å². The van der Waals surface area contributed by atoms with Gasteiger partial charge in [-0.1, -0.05) is 12.1 Å². The van der Waals surface area contributed by atoms with E-state index in [1.807, 2.05) is 24.3 Å². The molecule has 7 nitrogen and oxygen atoms in total. The van der Waals surface area contributed by atoms with E-state index in [0.717, 1.165) is 28.8 Å². The highest BCUT2D eigenvalue weighted by molar-refractivity contribution is 5.92. The Morgan fingerprint density at radius 1 is 1.18 bits per heavy atom. The van der Waals surface area contributed by atoms with Crippen LogP contribution in [0.2, 0.25) is 0 Å². The molecule has 28 heavy (non-hydrogen) atoms. The maximum Gasteiger partial charge on any atom is 0.264 e. The van der Waals surface area contributed by atoms with E-state index in [4.69, 9.17) is 9.72 Å². The summed E-state index contributed by atoms with van der Waals surface area (Å²) in [6, 6.07) is 7.96. The molecule has 0 amide bonds. The summed E-state index contributed by atoms with van der Waals surface area (Å²) in [4.78, 5) is 33.7. The molecule has 2 aliphatic rings. The third kappa shape index (κ3) is 2.88. The lowest BCUT2D eigenvalue weighted by Crippen LogP contribution is -2.24. The van der Waals surface area contributed by atoms with Gasteiger partial charge in [0.25, 0.3) is 5.56 Å².